The van der Waals surface area contributed by atoms with Crippen molar-refractivity contribution in [3.8, 4) is 0 Å². The van der Waals surface area contributed by atoms with Crippen molar-refractivity contribution in [2.75, 3.05) is 19.6 Å². The van der Waals surface area contributed by atoms with Crippen LogP contribution in [0.4, 0.5) is 0 Å². The molecule has 0 aliphatic carbocycles. The van der Waals surface area contributed by atoms with Crippen molar-refractivity contribution in [2.24, 2.45) is 0 Å². The Morgan fingerprint density at radius 1 is 1.82 bits per heavy atom. The third-order valence-corrected chi connectivity index (χ3v) is 1.73. The average Bonchev–Trinajstić information content (AvgIpc) is 2.36. The number of β-amino-alcohol motifs (C(OH)–C–C–N with tert-alkyl or cyclic N) is 1. The molecule has 60 valence electrons. The molecule has 1 fully saturated rings. The van der Waals surface area contributed by atoms with Gasteiger partial charge in [0.15, 0.2) is 0 Å². The van der Waals surface area contributed by atoms with Crippen molar-refractivity contribution in [3.63, 3.8) is 0 Å². The molecule has 1 amide bonds. The molecule has 4 heteroatoms. The van der Waals surface area contributed by atoms with Crippen molar-refractivity contribution >= 4 is 5.91 Å². The van der Waals surface area contributed by atoms with E-state index in [4.69, 9.17) is 11.7 Å². The number of carbonyl (C=O) groups is 1. The van der Waals surface area contributed by atoms with E-state index in [1.54, 1.807) is 0 Å². The van der Waals surface area contributed by atoms with Gasteiger partial charge in [0.1, 0.15) is 0 Å². The number of hydrogen-bond acceptors (Lipinski definition) is 2. The Morgan fingerprint density at radius 3 is 3.00 bits per heavy atom. The van der Waals surface area contributed by atoms with Gasteiger partial charge in [-0.3, -0.25) is 4.79 Å². The average molecular weight is 154 g/mol. The number of carbonyl (C=O) groups excluding carboxylic acids is 1. The van der Waals surface area contributed by atoms with E-state index in [0.29, 0.717) is 19.5 Å². The van der Waals surface area contributed by atoms with E-state index in [0.717, 1.165) is 0 Å². The molecule has 1 unspecified atom stereocenters. The van der Waals surface area contributed by atoms with E-state index in [1.807, 2.05) is 0 Å². The summed E-state index contributed by atoms with van der Waals surface area (Å²) in [7, 11) is 0. The van der Waals surface area contributed by atoms with Crippen LogP contribution < -0.4 is 0 Å². The highest BCUT2D eigenvalue weighted by Crippen LogP contribution is 2.08. The molecule has 0 aromatic rings. The normalized spacial score (nSPS) is 23.3. The second-order valence-electron chi connectivity index (χ2n) is 2.60. The first-order valence-corrected chi connectivity index (χ1v) is 3.53. The first-order chi connectivity index (χ1) is 5.24. The summed E-state index contributed by atoms with van der Waals surface area (Å²) in [5, 5.41) is 9.05. The van der Waals surface area contributed by atoms with Gasteiger partial charge < -0.3 is 14.9 Å². The molecule has 1 rings (SSSR count). The topological polar surface area (TPSA) is 44.9 Å². The summed E-state index contributed by atoms with van der Waals surface area (Å²) in [4.78, 5) is 15.5. The lowest BCUT2D eigenvalue weighted by Gasteiger charge is -2.10. The van der Waals surface area contributed by atoms with Crippen LogP contribution in [-0.2, 0) is 4.79 Å². The Balaban J connectivity index is 2.38. The van der Waals surface area contributed by atoms with Gasteiger partial charge in [0.25, 0.3) is 6.54 Å². The van der Waals surface area contributed by atoms with Crippen molar-refractivity contribution in [1.29, 1.82) is 0 Å². The molecule has 1 atom stereocenters. The van der Waals surface area contributed by atoms with Gasteiger partial charge in [-0.25, -0.2) is 6.57 Å². The second kappa shape index (κ2) is 3.35. The summed E-state index contributed by atoms with van der Waals surface area (Å²) in [6.45, 7) is 7.36. The van der Waals surface area contributed by atoms with E-state index in [-0.39, 0.29) is 18.6 Å². The predicted molar refractivity (Wildman–Crippen MR) is 38.7 cm³/mol. The van der Waals surface area contributed by atoms with E-state index in [9.17, 15) is 4.79 Å². The molecule has 0 aromatic heterocycles. The highest BCUT2D eigenvalue weighted by atomic mass is 16.3. The smallest absolute Gasteiger partial charge is 0.302 e. The zero-order valence-electron chi connectivity index (χ0n) is 6.16. The molecule has 0 saturated carbocycles. The minimum atomic E-state index is -0.385. The monoisotopic (exact) mass is 154 g/mol. The zero-order valence-corrected chi connectivity index (χ0v) is 6.16. The van der Waals surface area contributed by atoms with Crippen molar-refractivity contribution in [2.45, 2.75) is 12.5 Å². The molecule has 0 aromatic carbocycles. The van der Waals surface area contributed by atoms with Crippen LogP contribution in [0.25, 0.3) is 4.85 Å². The third kappa shape index (κ3) is 1.92. The Morgan fingerprint density at radius 2 is 2.55 bits per heavy atom. The minimum Gasteiger partial charge on any atom is -0.391 e. The lowest BCUT2D eigenvalue weighted by atomic mass is 10.3. The second-order valence-corrected chi connectivity index (χ2v) is 2.60. The van der Waals surface area contributed by atoms with E-state index in [1.165, 1.54) is 4.90 Å². The summed E-state index contributed by atoms with van der Waals surface area (Å²) in [6, 6.07) is 0. The van der Waals surface area contributed by atoms with Gasteiger partial charge in [0.05, 0.1) is 6.10 Å². The number of nitrogens with zero attached hydrogens (tertiary/aromatic N) is 2. The van der Waals surface area contributed by atoms with Gasteiger partial charge in [-0.1, -0.05) is 0 Å². The molecule has 0 spiro atoms. The predicted octanol–water partition coefficient (Wildman–Crippen LogP) is -0.501. The summed E-state index contributed by atoms with van der Waals surface area (Å²) in [5.41, 5.74) is 0. The van der Waals surface area contributed by atoms with Crippen LogP contribution in [0, 0.1) is 6.57 Å². The molecular formula is C7H10N2O2. The van der Waals surface area contributed by atoms with Crippen LogP contribution in [-0.4, -0.2) is 41.7 Å². The van der Waals surface area contributed by atoms with Gasteiger partial charge in [-0.2, -0.15) is 0 Å². The van der Waals surface area contributed by atoms with Crippen LogP contribution in [0.5, 0.6) is 0 Å². The van der Waals surface area contributed by atoms with E-state index in [2.05, 4.69) is 4.85 Å². The SMILES string of the molecule is [C-]#[N+]CC(=O)N1CCC(O)C1. The van der Waals surface area contributed by atoms with Crippen LogP contribution in [0.15, 0.2) is 0 Å². The number of rotatable bonds is 1. The maximum Gasteiger partial charge on any atom is 0.302 e. The van der Waals surface area contributed by atoms with Gasteiger partial charge >= 0.3 is 5.91 Å². The molecule has 1 saturated heterocycles. The maximum atomic E-state index is 11.0. The summed E-state index contributed by atoms with van der Waals surface area (Å²) in [5.74, 6) is -0.170. The Labute approximate surface area is 65.2 Å². The molecular weight excluding hydrogens is 144 g/mol. The highest BCUT2D eigenvalue weighted by Gasteiger charge is 2.25. The molecule has 1 heterocycles. The van der Waals surface area contributed by atoms with Crippen molar-refractivity contribution < 1.29 is 9.90 Å². The fourth-order valence-electron chi connectivity index (χ4n) is 1.14. The van der Waals surface area contributed by atoms with Crippen LogP contribution >= 0.6 is 0 Å². The van der Waals surface area contributed by atoms with Crippen LogP contribution in [0.3, 0.4) is 0 Å². The van der Waals surface area contributed by atoms with Gasteiger partial charge in [0.2, 0.25) is 0 Å². The number of likely N-dealkylation sites (tertiary alicyclic amines) is 1. The Bertz CT molecular complexity index is 197. The van der Waals surface area contributed by atoms with Crippen LogP contribution in [0.1, 0.15) is 6.42 Å². The van der Waals surface area contributed by atoms with Crippen LogP contribution in [0.2, 0.25) is 0 Å². The number of aliphatic hydroxyl groups excluding tert-OH is 1. The largest absolute Gasteiger partial charge is 0.391 e. The molecule has 0 radical (unpaired) electrons. The first kappa shape index (κ1) is 8.02. The molecule has 1 aliphatic heterocycles. The van der Waals surface area contributed by atoms with E-state index < -0.39 is 0 Å². The molecule has 1 aliphatic rings. The third-order valence-electron chi connectivity index (χ3n) is 1.73. The Kier molecular flexibility index (Phi) is 2.44. The van der Waals surface area contributed by atoms with Gasteiger partial charge in [0, 0.05) is 13.1 Å². The maximum absolute atomic E-state index is 11.0. The fraction of sp³-hybridized carbons (Fsp3) is 0.714. The number of hydrogen-bond donors (Lipinski definition) is 1. The first-order valence-electron chi connectivity index (χ1n) is 3.53. The van der Waals surface area contributed by atoms with Crippen molar-refractivity contribution in [3.05, 3.63) is 11.4 Å². The lowest BCUT2D eigenvalue weighted by Crippen LogP contribution is -2.30. The standard InChI is InChI=1S/C7H10N2O2/c1-8-4-7(11)9-3-2-6(10)5-9/h6,10H,2-5H2. The highest BCUT2D eigenvalue weighted by molar-refractivity contribution is 5.79. The van der Waals surface area contributed by atoms with Gasteiger partial charge in [-0.15, -0.1) is 0 Å². The molecule has 4 nitrogen and oxygen atoms in total. The fourth-order valence-corrected chi connectivity index (χ4v) is 1.14. The summed E-state index contributed by atoms with van der Waals surface area (Å²) in [6.07, 6.45) is 0.258. The lowest BCUT2D eigenvalue weighted by molar-refractivity contribution is -0.128. The summed E-state index contributed by atoms with van der Waals surface area (Å²) >= 11 is 0. The van der Waals surface area contributed by atoms with Gasteiger partial charge in [-0.05, 0) is 6.42 Å². The van der Waals surface area contributed by atoms with E-state index >= 15 is 0 Å². The Hall–Kier alpha value is -1.08. The number of amides is 1. The minimum absolute atomic E-state index is 0.0906. The molecule has 11 heavy (non-hydrogen) atoms. The zero-order chi connectivity index (χ0) is 8.27. The molecule has 0 bridgehead atoms. The quantitative estimate of drug-likeness (QED) is 0.517. The number of aliphatic hydroxyl groups is 1. The van der Waals surface area contributed by atoms with Crippen molar-refractivity contribution in [1.82, 2.24) is 4.90 Å². The molecule has 1 N–H and O–H groups in total. The summed E-state index contributed by atoms with van der Waals surface area (Å²) < 4.78 is 0.